The van der Waals surface area contributed by atoms with Gasteiger partial charge in [-0.05, 0) is 69.0 Å². The van der Waals surface area contributed by atoms with Crippen LogP contribution in [0.2, 0.25) is 0 Å². The molecule has 2 aliphatic rings. The minimum absolute atomic E-state index is 0.122. The van der Waals surface area contributed by atoms with Crippen molar-refractivity contribution in [3.63, 3.8) is 0 Å². The highest BCUT2D eigenvalue weighted by molar-refractivity contribution is 9.13. The van der Waals surface area contributed by atoms with Crippen molar-refractivity contribution < 1.29 is 23.4 Å². The molecule has 0 aliphatic carbocycles. The first-order valence-corrected chi connectivity index (χ1v) is 13.4. The van der Waals surface area contributed by atoms with Crippen LogP contribution in [0.15, 0.2) is 58.9 Å². The molecule has 0 radical (unpaired) electrons. The van der Waals surface area contributed by atoms with E-state index in [0.717, 1.165) is 10.9 Å². The van der Waals surface area contributed by atoms with Crippen molar-refractivity contribution in [2.45, 2.75) is 32.7 Å². The van der Waals surface area contributed by atoms with Gasteiger partial charge < -0.3 is 18.6 Å². The van der Waals surface area contributed by atoms with E-state index in [4.69, 9.17) is 23.6 Å². The van der Waals surface area contributed by atoms with Gasteiger partial charge in [0.25, 0.3) is 5.56 Å². The van der Waals surface area contributed by atoms with Crippen molar-refractivity contribution in [1.29, 1.82) is 0 Å². The van der Waals surface area contributed by atoms with Crippen LogP contribution in [-0.4, -0.2) is 23.9 Å². The number of nitrogens with zero attached hydrogens (tertiary/aromatic N) is 2. The highest BCUT2D eigenvalue weighted by Gasteiger charge is 2.35. The van der Waals surface area contributed by atoms with Crippen LogP contribution in [0.5, 0.6) is 11.5 Å². The molecule has 1 atom stereocenters. The van der Waals surface area contributed by atoms with E-state index < -0.39 is 12.0 Å². The Hall–Kier alpha value is -2.63. The zero-order chi connectivity index (χ0) is 24.7. The Morgan fingerprint density at radius 3 is 2.77 bits per heavy atom. The van der Waals surface area contributed by atoms with Gasteiger partial charge in [-0.2, -0.15) is 0 Å². The minimum atomic E-state index is -0.724. The number of furan rings is 1. The highest BCUT2D eigenvalue weighted by atomic mass is 79.9. The van der Waals surface area contributed by atoms with Gasteiger partial charge in [-0.1, -0.05) is 30.7 Å². The summed E-state index contributed by atoms with van der Waals surface area (Å²) < 4.78 is 25.3. The van der Waals surface area contributed by atoms with Crippen molar-refractivity contribution in [3.05, 3.63) is 75.7 Å². The average Bonchev–Trinajstić information content (AvgIpc) is 3.51. The topological polar surface area (TPSA) is 92.3 Å². The summed E-state index contributed by atoms with van der Waals surface area (Å²) >= 11 is 7.96. The molecule has 35 heavy (non-hydrogen) atoms. The lowest BCUT2D eigenvalue weighted by atomic mass is 9.94. The normalized spacial score (nSPS) is 16.9. The molecule has 0 N–H and O–H groups in total. The van der Waals surface area contributed by atoms with Crippen LogP contribution in [-0.2, 0) is 9.53 Å². The maximum absolute atomic E-state index is 13.7. The molecule has 182 valence electrons. The summed E-state index contributed by atoms with van der Waals surface area (Å²) in [6.07, 6.45) is 3.01. The van der Waals surface area contributed by atoms with Crippen molar-refractivity contribution >= 4 is 55.2 Å². The molecule has 0 spiro atoms. The summed E-state index contributed by atoms with van der Waals surface area (Å²) in [7, 11) is 0. The van der Waals surface area contributed by atoms with E-state index in [1.807, 2.05) is 13.0 Å². The third-order valence-corrected chi connectivity index (χ3v) is 8.24. The summed E-state index contributed by atoms with van der Waals surface area (Å²) in [5.74, 6) is 1.19. The molecule has 0 fully saturated rings. The van der Waals surface area contributed by atoms with Crippen LogP contribution in [0.1, 0.15) is 44.1 Å². The van der Waals surface area contributed by atoms with Crippen LogP contribution in [0.3, 0.4) is 0 Å². The van der Waals surface area contributed by atoms with E-state index in [9.17, 15) is 9.59 Å². The summed E-state index contributed by atoms with van der Waals surface area (Å²) in [6, 6.07) is 6.47. The Morgan fingerprint density at radius 2 is 2.06 bits per heavy atom. The molecule has 0 amide bonds. The summed E-state index contributed by atoms with van der Waals surface area (Å²) in [4.78, 5) is 32.2. The van der Waals surface area contributed by atoms with Crippen LogP contribution < -0.4 is 24.4 Å². The quantitative estimate of drug-likeness (QED) is 0.378. The number of aromatic nitrogens is 1. The molecule has 4 heterocycles. The zero-order valence-corrected chi connectivity index (χ0v) is 22.8. The Labute approximate surface area is 220 Å². The van der Waals surface area contributed by atoms with E-state index >= 15 is 0 Å². The lowest BCUT2D eigenvalue weighted by Gasteiger charge is -2.25. The van der Waals surface area contributed by atoms with E-state index in [-0.39, 0.29) is 19.0 Å². The van der Waals surface area contributed by atoms with Gasteiger partial charge in [0, 0.05) is 6.08 Å². The first-order chi connectivity index (χ1) is 16.9. The first-order valence-electron chi connectivity index (χ1n) is 11.0. The van der Waals surface area contributed by atoms with Crippen LogP contribution in [0, 0.1) is 0 Å². The Morgan fingerprint density at radius 1 is 1.26 bits per heavy atom. The molecule has 0 saturated heterocycles. The number of halogens is 2. The van der Waals surface area contributed by atoms with E-state index in [2.05, 4.69) is 31.9 Å². The second-order valence-electron chi connectivity index (χ2n) is 7.80. The molecule has 0 saturated carbocycles. The number of carbonyl (C=O) groups excluding carboxylic acids is 1. The summed E-state index contributed by atoms with van der Waals surface area (Å²) in [5, 5.41) is 0. The van der Waals surface area contributed by atoms with E-state index in [1.54, 1.807) is 35.8 Å². The first kappa shape index (κ1) is 24.1. The number of hydrogen-bond donors (Lipinski definition) is 0. The molecule has 0 unspecified atom stereocenters. The van der Waals surface area contributed by atoms with Crippen molar-refractivity contribution in [2.75, 3.05) is 13.4 Å². The number of benzene rings is 1. The minimum Gasteiger partial charge on any atom is -0.463 e. The van der Waals surface area contributed by atoms with Gasteiger partial charge in [-0.25, -0.2) is 9.79 Å². The van der Waals surface area contributed by atoms with Crippen LogP contribution in [0.25, 0.3) is 6.08 Å². The zero-order valence-electron chi connectivity index (χ0n) is 18.8. The number of hydrogen-bond acceptors (Lipinski definition) is 8. The molecular weight excluding hydrogens is 604 g/mol. The highest BCUT2D eigenvalue weighted by Crippen LogP contribution is 2.39. The fourth-order valence-electron chi connectivity index (χ4n) is 4.08. The predicted molar refractivity (Wildman–Crippen MR) is 136 cm³/mol. The number of thiazole rings is 1. The van der Waals surface area contributed by atoms with Gasteiger partial charge in [0.15, 0.2) is 21.0 Å². The Bertz CT molecular complexity index is 1510. The third kappa shape index (κ3) is 4.41. The molecule has 0 bridgehead atoms. The van der Waals surface area contributed by atoms with Gasteiger partial charge in [0.1, 0.15) is 5.76 Å². The predicted octanol–water partition coefficient (Wildman–Crippen LogP) is 4.43. The van der Waals surface area contributed by atoms with Gasteiger partial charge in [0.2, 0.25) is 6.79 Å². The number of rotatable bonds is 6. The van der Waals surface area contributed by atoms with Crippen molar-refractivity contribution in [2.24, 2.45) is 4.99 Å². The second kappa shape index (κ2) is 9.79. The van der Waals surface area contributed by atoms with Gasteiger partial charge in [-0.15, -0.1) is 0 Å². The lowest BCUT2D eigenvalue weighted by molar-refractivity contribution is -0.139. The fourth-order valence-corrected chi connectivity index (χ4v) is 5.69. The number of fused-ring (bicyclic) bond motifs is 2. The molecule has 1 aromatic carbocycles. The number of esters is 1. The van der Waals surface area contributed by atoms with Crippen molar-refractivity contribution in [1.82, 2.24) is 4.57 Å². The molecule has 5 rings (SSSR count). The van der Waals surface area contributed by atoms with Crippen LogP contribution >= 0.6 is 43.2 Å². The maximum Gasteiger partial charge on any atom is 0.338 e. The molecule has 8 nitrogen and oxygen atoms in total. The number of ether oxygens (including phenoxy) is 3. The molecular formula is C24H20Br2N2O6S. The smallest absolute Gasteiger partial charge is 0.338 e. The van der Waals surface area contributed by atoms with E-state index in [1.165, 1.54) is 11.3 Å². The molecule has 2 aromatic heterocycles. The molecule has 2 aliphatic heterocycles. The largest absolute Gasteiger partial charge is 0.463 e. The number of carbonyl (C=O) groups is 1. The standard InChI is InChI=1S/C24H20Br2N2O6S/c1-3-5-15-19(23(30)31-4-2)20(12-6-7-16-17(8-12)33-11-32-16)28-22(29)18(35-24(28)27-15)10-13-9-14(25)21(26)34-13/h6-10,20H,3-5,11H2,1-2H3/b18-10+/t20-/m0/s1. The number of allylic oxidation sites excluding steroid dienone is 1. The monoisotopic (exact) mass is 622 g/mol. The van der Waals surface area contributed by atoms with Gasteiger partial charge >= 0.3 is 5.97 Å². The summed E-state index contributed by atoms with van der Waals surface area (Å²) in [6.45, 7) is 4.10. The van der Waals surface area contributed by atoms with E-state index in [0.29, 0.717) is 54.5 Å². The average molecular weight is 624 g/mol. The van der Waals surface area contributed by atoms with Crippen molar-refractivity contribution in [3.8, 4) is 11.5 Å². The SMILES string of the molecule is CCCC1=C(C(=O)OCC)[C@H](c2ccc3c(c2)OCO3)n2c(s/c(=C/c3cc(Br)c(Br)o3)c2=O)=N1. The van der Waals surface area contributed by atoms with Gasteiger partial charge in [-0.3, -0.25) is 9.36 Å². The van der Waals surface area contributed by atoms with Crippen LogP contribution in [0.4, 0.5) is 0 Å². The lowest BCUT2D eigenvalue weighted by Crippen LogP contribution is -2.40. The molecule has 3 aromatic rings. The third-order valence-electron chi connectivity index (χ3n) is 5.54. The Kier molecular flexibility index (Phi) is 6.73. The van der Waals surface area contributed by atoms with Gasteiger partial charge in [0.05, 0.1) is 32.9 Å². The fraction of sp³-hybridized carbons (Fsp3) is 0.292. The maximum atomic E-state index is 13.7. The summed E-state index contributed by atoms with van der Waals surface area (Å²) in [5.41, 5.74) is 1.40. The second-order valence-corrected chi connectivity index (χ2v) is 10.4. The Balaban J connectivity index is 1.76. The molecule has 11 heteroatoms.